The minimum Gasteiger partial charge on any atom is -0.494 e. The van der Waals surface area contributed by atoms with Crippen molar-refractivity contribution in [2.45, 2.75) is 85.7 Å². The van der Waals surface area contributed by atoms with E-state index in [9.17, 15) is 4.79 Å². The van der Waals surface area contributed by atoms with E-state index in [1.807, 2.05) is 0 Å². The van der Waals surface area contributed by atoms with Crippen molar-refractivity contribution in [3.63, 3.8) is 0 Å². The van der Waals surface area contributed by atoms with Gasteiger partial charge in [0.25, 0.3) is 0 Å². The fourth-order valence-corrected chi connectivity index (χ4v) is 4.90. The summed E-state index contributed by atoms with van der Waals surface area (Å²) >= 11 is 0. The van der Waals surface area contributed by atoms with Gasteiger partial charge in [-0.3, -0.25) is 9.69 Å². The zero-order chi connectivity index (χ0) is 22.1. The van der Waals surface area contributed by atoms with E-state index < -0.39 is 0 Å². The second-order valence-electron chi connectivity index (χ2n) is 10.8. The van der Waals surface area contributed by atoms with E-state index in [1.165, 1.54) is 25.7 Å². The summed E-state index contributed by atoms with van der Waals surface area (Å²) in [5, 5.41) is 0. The molecule has 30 heavy (non-hydrogen) atoms. The third kappa shape index (κ3) is 5.63. The highest BCUT2D eigenvalue weighted by Gasteiger charge is 2.41. The molecule has 2 saturated heterocycles. The van der Waals surface area contributed by atoms with Crippen LogP contribution in [0.15, 0.2) is 12.1 Å². The number of aromatic amines is 1. The van der Waals surface area contributed by atoms with Crippen LogP contribution in [0.25, 0.3) is 11.0 Å². The number of Topliss-reactive ketones (excluding diaryl/α,β-unsaturated/α-hetero) is 1. The van der Waals surface area contributed by atoms with E-state index in [1.54, 1.807) is 14.0 Å². The smallest absolute Gasteiger partial charge is 0.149 e. The molecule has 5 heteroatoms. The van der Waals surface area contributed by atoms with Crippen molar-refractivity contribution in [1.82, 2.24) is 14.9 Å². The van der Waals surface area contributed by atoms with Gasteiger partial charge in [0, 0.05) is 18.5 Å². The maximum atomic E-state index is 11.5. The summed E-state index contributed by atoms with van der Waals surface area (Å²) in [6, 6.07) is 5.31. The van der Waals surface area contributed by atoms with Gasteiger partial charge in [-0.25, -0.2) is 4.98 Å². The van der Waals surface area contributed by atoms with Gasteiger partial charge in [-0.1, -0.05) is 33.8 Å². The van der Waals surface area contributed by atoms with Gasteiger partial charge in [0.05, 0.1) is 19.2 Å². The Kier molecular flexibility index (Phi) is 6.91. The molecule has 0 aliphatic carbocycles. The third-order valence-corrected chi connectivity index (χ3v) is 5.93. The average Bonchev–Trinajstić information content (AvgIpc) is 3.10. The quantitative estimate of drug-likeness (QED) is 0.722. The number of H-pyrrole nitrogens is 1. The van der Waals surface area contributed by atoms with Gasteiger partial charge < -0.3 is 9.72 Å². The second kappa shape index (κ2) is 9.09. The van der Waals surface area contributed by atoms with Crippen LogP contribution >= 0.6 is 0 Å². The normalized spacial score (nSPS) is 23.9. The number of aryl methyl sites for hydroxylation is 1. The highest BCUT2D eigenvalue weighted by molar-refractivity contribution is 5.83. The highest BCUT2D eigenvalue weighted by atomic mass is 16.5. The number of ether oxygens (including phenoxy) is 1. The number of imidazole rings is 1. The Bertz CT molecular complexity index is 860. The lowest BCUT2D eigenvalue weighted by molar-refractivity contribution is -0.119. The second-order valence-corrected chi connectivity index (χ2v) is 10.8. The molecule has 1 aromatic carbocycles. The molecule has 1 N–H and O–H groups in total. The number of rotatable bonds is 5. The van der Waals surface area contributed by atoms with Crippen molar-refractivity contribution in [2.24, 2.45) is 11.3 Å². The Morgan fingerprint density at radius 2 is 1.80 bits per heavy atom. The molecule has 2 aliphatic heterocycles. The summed E-state index contributed by atoms with van der Waals surface area (Å²) in [6.07, 6.45) is 5.81. The van der Waals surface area contributed by atoms with Crippen molar-refractivity contribution in [2.75, 3.05) is 13.7 Å². The van der Waals surface area contributed by atoms with E-state index >= 15 is 0 Å². The predicted molar refractivity (Wildman–Crippen MR) is 123 cm³/mol. The van der Waals surface area contributed by atoms with Gasteiger partial charge in [0.1, 0.15) is 22.9 Å². The van der Waals surface area contributed by atoms with Crippen LogP contribution in [-0.4, -0.2) is 46.4 Å². The molecule has 1 unspecified atom stereocenters. The van der Waals surface area contributed by atoms with Crippen molar-refractivity contribution in [1.29, 1.82) is 0 Å². The largest absolute Gasteiger partial charge is 0.494 e. The van der Waals surface area contributed by atoms with Gasteiger partial charge in [0.15, 0.2) is 0 Å². The zero-order valence-corrected chi connectivity index (χ0v) is 19.8. The van der Waals surface area contributed by atoms with E-state index in [4.69, 9.17) is 9.72 Å². The predicted octanol–water partition coefficient (Wildman–Crippen LogP) is 5.31. The molecule has 166 valence electrons. The molecule has 1 aromatic heterocycles. The van der Waals surface area contributed by atoms with Crippen LogP contribution in [0, 0.1) is 18.3 Å². The molecule has 0 saturated carbocycles. The highest BCUT2D eigenvalue weighted by Crippen LogP contribution is 2.39. The number of carbonyl (C=O) groups excluding carboxylic acids is 1. The van der Waals surface area contributed by atoms with Crippen molar-refractivity contribution in [3.8, 4) is 5.75 Å². The number of aromatic nitrogens is 2. The molecule has 3 heterocycles. The van der Waals surface area contributed by atoms with Crippen molar-refractivity contribution in [3.05, 3.63) is 23.5 Å². The van der Waals surface area contributed by atoms with Crippen LogP contribution in [0.5, 0.6) is 5.75 Å². The van der Waals surface area contributed by atoms with E-state index in [-0.39, 0.29) is 5.78 Å². The van der Waals surface area contributed by atoms with E-state index in [0.29, 0.717) is 30.0 Å². The Hall–Kier alpha value is -1.88. The number of benzene rings is 1. The number of methoxy groups -OCH3 is 1. The van der Waals surface area contributed by atoms with E-state index in [2.05, 4.69) is 56.6 Å². The van der Waals surface area contributed by atoms with Crippen molar-refractivity contribution < 1.29 is 9.53 Å². The molecule has 2 aliphatic rings. The number of ketones is 1. The fourth-order valence-electron chi connectivity index (χ4n) is 4.90. The van der Waals surface area contributed by atoms with Crippen LogP contribution < -0.4 is 4.74 Å². The molecular weight excluding hydrogens is 374 g/mol. The van der Waals surface area contributed by atoms with Crippen LogP contribution in [0.4, 0.5) is 0 Å². The molecule has 0 radical (unpaired) electrons. The monoisotopic (exact) mass is 413 g/mol. The number of carbonyl (C=O) groups is 1. The Labute approximate surface area is 181 Å². The maximum absolute atomic E-state index is 11.5. The standard InChI is InChI=1S/C20H27N3O2.C5H12/c1-12-4-7-17-19(20(12)25-3)22-18(21-17)10-14-8-15-5-6-16(9-14)23(15)11-13(2)24;1-5(2,3)4/h4,7,14-16H,5-6,8-11H2,1-3H3,(H,21,22);1-4H3/t14?,15-,16+;. The fraction of sp³-hybridized carbons (Fsp3) is 0.680. The molecule has 0 amide bonds. The molecular formula is C25H39N3O2. The first-order chi connectivity index (χ1) is 14.0. The Morgan fingerprint density at radius 1 is 1.20 bits per heavy atom. The van der Waals surface area contributed by atoms with Crippen LogP contribution in [0.3, 0.4) is 0 Å². The number of hydrogen-bond acceptors (Lipinski definition) is 4. The topological polar surface area (TPSA) is 58.2 Å². The number of nitrogens with one attached hydrogen (secondary N) is 1. The van der Waals surface area contributed by atoms with Gasteiger partial charge in [0.2, 0.25) is 0 Å². The molecule has 5 nitrogen and oxygen atoms in total. The number of fused-ring (bicyclic) bond motifs is 3. The first-order valence-electron chi connectivity index (χ1n) is 11.3. The lowest BCUT2D eigenvalue weighted by atomic mass is 9.88. The Balaban J connectivity index is 0.000000461. The molecule has 4 rings (SSSR count). The van der Waals surface area contributed by atoms with Gasteiger partial charge in [-0.05, 0) is 62.5 Å². The molecule has 2 bridgehead atoms. The summed E-state index contributed by atoms with van der Waals surface area (Å²) in [6.45, 7) is 13.1. The summed E-state index contributed by atoms with van der Waals surface area (Å²) in [7, 11) is 1.71. The zero-order valence-electron chi connectivity index (χ0n) is 19.8. The first-order valence-corrected chi connectivity index (χ1v) is 11.3. The van der Waals surface area contributed by atoms with Crippen LogP contribution in [0.2, 0.25) is 0 Å². The molecule has 3 atom stereocenters. The third-order valence-electron chi connectivity index (χ3n) is 5.93. The van der Waals surface area contributed by atoms with E-state index in [0.717, 1.165) is 34.6 Å². The minimum atomic E-state index is 0.287. The number of piperidine rings is 1. The van der Waals surface area contributed by atoms with Gasteiger partial charge in [-0.2, -0.15) is 0 Å². The van der Waals surface area contributed by atoms with Gasteiger partial charge in [-0.15, -0.1) is 0 Å². The van der Waals surface area contributed by atoms with Crippen LogP contribution in [-0.2, 0) is 11.2 Å². The number of hydrogen-bond donors (Lipinski definition) is 1. The lowest BCUT2D eigenvalue weighted by Crippen LogP contribution is -2.45. The average molecular weight is 414 g/mol. The summed E-state index contributed by atoms with van der Waals surface area (Å²) in [5.74, 6) is 2.86. The first kappa shape index (κ1) is 22.8. The summed E-state index contributed by atoms with van der Waals surface area (Å²) in [5.41, 5.74) is 3.60. The Morgan fingerprint density at radius 3 is 2.33 bits per heavy atom. The van der Waals surface area contributed by atoms with Crippen LogP contribution in [0.1, 0.15) is 71.7 Å². The maximum Gasteiger partial charge on any atom is 0.149 e. The van der Waals surface area contributed by atoms with Gasteiger partial charge >= 0.3 is 0 Å². The lowest BCUT2D eigenvalue weighted by Gasteiger charge is -2.38. The summed E-state index contributed by atoms with van der Waals surface area (Å²) < 4.78 is 5.54. The molecule has 2 fully saturated rings. The summed E-state index contributed by atoms with van der Waals surface area (Å²) in [4.78, 5) is 22.3. The molecule has 0 spiro atoms. The number of nitrogens with zero attached hydrogens (tertiary/aromatic N) is 2. The minimum absolute atomic E-state index is 0.287. The SMILES string of the molecule is CC(C)(C)C.COc1c(C)ccc2[nH]c(CC3C[C@H]4CC[C@@H](C3)N4CC(C)=O)nc12. The van der Waals surface area contributed by atoms with Crippen molar-refractivity contribution >= 4 is 16.8 Å². The molecule has 2 aromatic rings.